The van der Waals surface area contributed by atoms with Gasteiger partial charge in [-0.25, -0.2) is 9.97 Å². The van der Waals surface area contributed by atoms with Crippen LogP contribution in [0.2, 0.25) is 0 Å². The normalized spacial score (nSPS) is 13.4. The van der Waals surface area contributed by atoms with Crippen LogP contribution in [0.3, 0.4) is 0 Å². The lowest BCUT2D eigenvalue weighted by Crippen LogP contribution is -2.21. The molecule has 0 atom stereocenters. The van der Waals surface area contributed by atoms with Crippen molar-refractivity contribution in [2.45, 2.75) is 12.8 Å². The number of aromatic nitrogens is 3. The third kappa shape index (κ3) is 3.38. The smallest absolute Gasteiger partial charge is 0.254 e. The van der Waals surface area contributed by atoms with Crippen LogP contribution in [-0.2, 0) is 6.42 Å². The Labute approximate surface area is 162 Å². The fourth-order valence-corrected chi connectivity index (χ4v) is 3.39. The summed E-state index contributed by atoms with van der Waals surface area (Å²) in [7, 11) is 3.92. The number of primary amides is 1. The van der Waals surface area contributed by atoms with E-state index in [-0.39, 0.29) is 0 Å². The molecule has 28 heavy (non-hydrogen) atoms. The summed E-state index contributed by atoms with van der Waals surface area (Å²) in [6.07, 6.45) is 5.21. The number of aryl methyl sites for hydroxylation is 1. The van der Waals surface area contributed by atoms with Crippen LogP contribution in [-0.4, -0.2) is 59.6 Å². The number of hydrogen-bond acceptors (Lipinski definition) is 6. The third-order valence-corrected chi connectivity index (χ3v) is 4.77. The van der Waals surface area contributed by atoms with Crippen molar-refractivity contribution >= 4 is 16.9 Å². The number of likely N-dealkylation sites (N-methyl/N-ethyl adjacent to an activating group) is 1. The molecular weight excluding hydrogens is 358 g/mol. The zero-order chi connectivity index (χ0) is 19.7. The molecule has 146 valence electrons. The van der Waals surface area contributed by atoms with Gasteiger partial charge >= 0.3 is 0 Å². The second-order valence-corrected chi connectivity index (χ2v) is 7.08. The number of H-pyrrole nitrogens is 1. The van der Waals surface area contributed by atoms with E-state index in [0.29, 0.717) is 48.0 Å². The van der Waals surface area contributed by atoms with E-state index in [9.17, 15) is 4.79 Å². The maximum Gasteiger partial charge on any atom is 0.254 e. The van der Waals surface area contributed by atoms with E-state index in [0.717, 1.165) is 29.5 Å². The highest BCUT2D eigenvalue weighted by Gasteiger charge is 2.22. The van der Waals surface area contributed by atoms with Crippen molar-refractivity contribution in [2.24, 2.45) is 5.73 Å². The molecule has 8 nitrogen and oxygen atoms in total. The van der Waals surface area contributed by atoms with Crippen molar-refractivity contribution < 1.29 is 14.3 Å². The van der Waals surface area contributed by atoms with Gasteiger partial charge in [0.15, 0.2) is 0 Å². The molecule has 0 saturated carbocycles. The van der Waals surface area contributed by atoms with E-state index in [1.54, 1.807) is 12.5 Å². The number of nitrogens with zero attached hydrogens (tertiary/aromatic N) is 3. The van der Waals surface area contributed by atoms with Crippen LogP contribution < -0.4 is 15.2 Å². The van der Waals surface area contributed by atoms with Crippen LogP contribution in [0, 0.1) is 0 Å². The van der Waals surface area contributed by atoms with E-state index in [1.807, 2.05) is 25.1 Å². The first kappa shape index (κ1) is 18.2. The second-order valence-electron chi connectivity index (χ2n) is 7.08. The first-order chi connectivity index (χ1) is 13.5. The average Bonchev–Trinajstić information content (AvgIpc) is 3.15. The predicted octanol–water partition coefficient (Wildman–Crippen LogP) is 1.99. The Balaban J connectivity index is 1.83. The Morgan fingerprint density at radius 3 is 3.00 bits per heavy atom. The number of nitrogens with one attached hydrogen (secondary N) is 1. The van der Waals surface area contributed by atoms with Gasteiger partial charge in [0.1, 0.15) is 17.9 Å². The van der Waals surface area contributed by atoms with Crippen LogP contribution in [0.1, 0.15) is 22.3 Å². The van der Waals surface area contributed by atoms with Gasteiger partial charge in [0.25, 0.3) is 5.91 Å². The van der Waals surface area contributed by atoms with E-state index < -0.39 is 5.91 Å². The molecule has 0 spiro atoms. The number of ether oxygens (including phenoxy) is 2. The zero-order valence-corrected chi connectivity index (χ0v) is 16.0. The van der Waals surface area contributed by atoms with E-state index >= 15 is 0 Å². The zero-order valence-electron chi connectivity index (χ0n) is 16.0. The molecule has 0 unspecified atom stereocenters. The Kier molecular flexibility index (Phi) is 4.87. The third-order valence-electron chi connectivity index (χ3n) is 4.77. The summed E-state index contributed by atoms with van der Waals surface area (Å²) in [6, 6.07) is 3.89. The van der Waals surface area contributed by atoms with Crippen molar-refractivity contribution in [3.8, 4) is 22.8 Å². The number of carbonyl (C=O) groups excluding carboxylic acids is 1. The molecular formula is C20H23N5O3. The Morgan fingerprint density at radius 2 is 2.21 bits per heavy atom. The van der Waals surface area contributed by atoms with Crippen LogP contribution in [0.15, 0.2) is 24.7 Å². The standard InChI is InChI=1S/C20H23N5O3/c1-25(2)5-7-27-15-9-14(17-18(24-11-23-17)16(15)19(21)26)13-8-12-4-3-6-28-20(12)22-10-13/h8-11H,3-7H2,1-2H3,(H2,21,26)(H,23,24). The number of carbonyl (C=O) groups is 1. The van der Waals surface area contributed by atoms with Gasteiger partial charge < -0.3 is 25.1 Å². The van der Waals surface area contributed by atoms with Crippen molar-refractivity contribution in [1.82, 2.24) is 19.9 Å². The lowest BCUT2D eigenvalue weighted by molar-refractivity contribution is 0.0997. The summed E-state index contributed by atoms with van der Waals surface area (Å²) in [5.41, 5.74) is 9.99. The van der Waals surface area contributed by atoms with E-state index in [2.05, 4.69) is 21.0 Å². The number of benzene rings is 1. The highest BCUT2D eigenvalue weighted by Crippen LogP contribution is 2.36. The fourth-order valence-electron chi connectivity index (χ4n) is 3.39. The molecule has 3 heterocycles. The van der Waals surface area contributed by atoms with Crippen molar-refractivity contribution in [2.75, 3.05) is 33.9 Å². The molecule has 0 saturated heterocycles. The summed E-state index contributed by atoms with van der Waals surface area (Å²) in [5, 5.41) is 0. The topological polar surface area (TPSA) is 106 Å². The van der Waals surface area contributed by atoms with E-state index in [1.165, 1.54) is 0 Å². The largest absolute Gasteiger partial charge is 0.491 e. The number of pyridine rings is 1. The summed E-state index contributed by atoms with van der Waals surface area (Å²) in [4.78, 5) is 26.0. The summed E-state index contributed by atoms with van der Waals surface area (Å²) in [6.45, 7) is 1.84. The Hall–Kier alpha value is -3.13. The molecule has 0 aliphatic carbocycles. The number of nitrogens with two attached hydrogens (primary N) is 1. The summed E-state index contributed by atoms with van der Waals surface area (Å²) < 4.78 is 11.5. The second kappa shape index (κ2) is 7.47. The summed E-state index contributed by atoms with van der Waals surface area (Å²) >= 11 is 0. The van der Waals surface area contributed by atoms with Crippen LogP contribution in [0.4, 0.5) is 0 Å². The lowest BCUT2D eigenvalue weighted by Gasteiger charge is -2.18. The van der Waals surface area contributed by atoms with Gasteiger partial charge in [0.2, 0.25) is 5.88 Å². The minimum Gasteiger partial charge on any atom is -0.491 e. The molecule has 0 fully saturated rings. The fraction of sp³-hybridized carbons (Fsp3) is 0.350. The van der Waals surface area contributed by atoms with Crippen molar-refractivity contribution in [3.63, 3.8) is 0 Å². The highest BCUT2D eigenvalue weighted by molar-refractivity contribution is 6.10. The minimum atomic E-state index is -0.558. The molecule has 8 heteroatoms. The van der Waals surface area contributed by atoms with Crippen LogP contribution in [0.25, 0.3) is 22.2 Å². The highest BCUT2D eigenvalue weighted by atomic mass is 16.5. The molecule has 2 aromatic heterocycles. The molecule has 3 N–H and O–H groups in total. The van der Waals surface area contributed by atoms with Gasteiger partial charge in [-0.15, -0.1) is 0 Å². The first-order valence-corrected chi connectivity index (χ1v) is 9.24. The molecule has 3 aromatic rings. The SMILES string of the molecule is CN(C)CCOc1cc(-c2cnc3c(c2)CCCO3)c2nc[nH]c2c1C(N)=O. The number of amides is 1. The number of aromatic amines is 1. The molecule has 1 aliphatic rings. The predicted molar refractivity (Wildman–Crippen MR) is 106 cm³/mol. The van der Waals surface area contributed by atoms with Crippen LogP contribution in [0.5, 0.6) is 11.6 Å². The lowest BCUT2D eigenvalue weighted by atomic mass is 9.99. The van der Waals surface area contributed by atoms with Gasteiger partial charge in [-0.3, -0.25) is 4.79 Å². The monoisotopic (exact) mass is 381 g/mol. The maximum absolute atomic E-state index is 12.1. The van der Waals surface area contributed by atoms with Gasteiger partial charge in [-0.05, 0) is 39.1 Å². The molecule has 4 rings (SSSR count). The van der Waals surface area contributed by atoms with Crippen LogP contribution >= 0.6 is 0 Å². The van der Waals surface area contributed by atoms with Crippen molar-refractivity contribution in [1.29, 1.82) is 0 Å². The Morgan fingerprint density at radius 1 is 1.36 bits per heavy atom. The number of imidazole rings is 1. The molecule has 0 bridgehead atoms. The number of hydrogen-bond donors (Lipinski definition) is 2. The average molecular weight is 381 g/mol. The molecule has 1 amide bonds. The summed E-state index contributed by atoms with van der Waals surface area (Å²) in [5.74, 6) is 0.567. The van der Waals surface area contributed by atoms with Crippen molar-refractivity contribution in [3.05, 3.63) is 35.8 Å². The number of fused-ring (bicyclic) bond motifs is 2. The van der Waals surface area contributed by atoms with E-state index in [4.69, 9.17) is 15.2 Å². The van der Waals surface area contributed by atoms with Gasteiger partial charge in [0, 0.05) is 29.4 Å². The molecule has 0 radical (unpaired) electrons. The van der Waals surface area contributed by atoms with Gasteiger partial charge in [-0.2, -0.15) is 0 Å². The quantitative estimate of drug-likeness (QED) is 0.676. The minimum absolute atomic E-state index is 0.309. The molecule has 1 aromatic carbocycles. The first-order valence-electron chi connectivity index (χ1n) is 9.24. The molecule has 1 aliphatic heterocycles. The van der Waals surface area contributed by atoms with Gasteiger partial charge in [0.05, 0.1) is 24.0 Å². The maximum atomic E-state index is 12.1. The number of rotatable bonds is 6. The Bertz CT molecular complexity index is 1030. The van der Waals surface area contributed by atoms with Gasteiger partial charge in [-0.1, -0.05) is 0 Å².